The van der Waals surface area contributed by atoms with Crippen LogP contribution in [0.25, 0.3) is 5.69 Å². The lowest BCUT2D eigenvalue weighted by atomic mass is 10.1. The number of halogens is 3. The van der Waals surface area contributed by atoms with E-state index in [0.717, 1.165) is 29.8 Å². The molecule has 1 aromatic carbocycles. The number of anilines is 1. The zero-order valence-corrected chi connectivity index (χ0v) is 12.8. The molecular formula is C15H14ClF2N3O2. The fraction of sp³-hybridized carbons (Fsp3) is 0.333. The van der Waals surface area contributed by atoms with Crippen molar-refractivity contribution in [2.24, 2.45) is 5.92 Å². The van der Waals surface area contributed by atoms with Crippen molar-refractivity contribution in [3.05, 3.63) is 51.4 Å². The van der Waals surface area contributed by atoms with Crippen molar-refractivity contribution in [3.63, 3.8) is 0 Å². The van der Waals surface area contributed by atoms with Crippen LogP contribution in [0.15, 0.2) is 29.2 Å². The highest BCUT2D eigenvalue weighted by Gasteiger charge is 2.18. The fourth-order valence-electron chi connectivity index (χ4n) is 2.38. The molecule has 0 aliphatic carbocycles. The van der Waals surface area contributed by atoms with Gasteiger partial charge < -0.3 is 10.1 Å². The summed E-state index contributed by atoms with van der Waals surface area (Å²) in [6.07, 6.45) is 2.29. The highest BCUT2D eigenvalue weighted by atomic mass is 35.5. The molecule has 122 valence electrons. The molecule has 0 saturated carbocycles. The Morgan fingerprint density at radius 1 is 1.43 bits per heavy atom. The van der Waals surface area contributed by atoms with Gasteiger partial charge in [0.15, 0.2) is 5.82 Å². The van der Waals surface area contributed by atoms with Gasteiger partial charge in [0.05, 0.1) is 18.5 Å². The van der Waals surface area contributed by atoms with Gasteiger partial charge in [0.2, 0.25) is 0 Å². The van der Waals surface area contributed by atoms with Crippen LogP contribution in [0.4, 0.5) is 14.5 Å². The number of benzene rings is 1. The second kappa shape index (κ2) is 6.64. The van der Waals surface area contributed by atoms with Crippen molar-refractivity contribution < 1.29 is 13.5 Å². The third-order valence-corrected chi connectivity index (χ3v) is 4.03. The summed E-state index contributed by atoms with van der Waals surface area (Å²) >= 11 is 6.05. The summed E-state index contributed by atoms with van der Waals surface area (Å²) in [5.41, 5.74) is -0.457. The first kappa shape index (κ1) is 15.9. The maximum absolute atomic E-state index is 13.8. The minimum Gasteiger partial charge on any atom is -0.382 e. The maximum Gasteiger partial charge on any atom is 0.292 e. The van der Waals surface area contributed by atoms with Crippen LogP contribution in [0.5, 0.6) is 0 Å². The maximum atomic E-state index is 13.8. The molecule has 0 amide bonds. The molecule has 0 spiro atoms. The standard InChI is InChI=1S/C15H14ClF2N3O2/c16-14-12(19-6-9-3-4-23-8-9)7-20-21(15(14)22)13-2-1-10(17)5-11(13)18/h1-2,5,7,9,19H,3-4,6,8H2. The number of nitrogens with zero attached hydrogens (tertiary/aromatic N) is 2. The van der Waals surface area contributed by atoms with E-state index in [1.807, 2.05) is 0 Å². The average molecular weight is 342 g/mol. The molecule has 1 aliphatic heterocycles. The molecule has 3 rings (SSSR count). The van der Waals surface area contributed by atoms with Crippen LogP contribution in [0, 0.1) is 17.6 Å². The van der Waals surface area contributed by atoms with Gasteiger partial charge in [-0.2, -0.15) is 9.78 Å². The van der Waals surface area contributed by atoms with Crippen molar-refractivity contribution in [3.8, 4) is 5.69 Å². The summed E-state index contributed by atoms with van der Waals surface area (Å²) in [7, 11) is 0. The quantitative estimate of drug-likeness (QED) is 0.928. The highest BCUT2D eigenvalue weighted by Crippen LogP contribution is 2.20. The lowest BCUT2D eigenvalue weighted by molar-refractivity contribution is 0.187. The summed E-state index contributed by atoms with van der Waals surface area (Å²) in [6.45, 7) is 2.00. The minimum absolute atomic E-state index is 0.0948. The highest BCUT2D eigenvalue weighted by molar-refractivity contribution is 6.32. The minimum atomic E-state index is -0.889. The molecule has 1 unspecified atom stereocenters. The summed E-state index contributed by atoms with van der Waals surface area (Å²) in [5, 5.41) is 6.87. The van der Waals surface area contributed by atoms with Gasteiger partial charge in [0.1, 0.15) is 16.5 Å². The molecule has 1 fully saturated rings. The van der Waals surface area contributed by atoms with Gasteiger partial charge in [0, 0.05) is 25.1 Å². The van der Waals surface area contributed by atoms with E-state index in [0.29, 0.717) is 30.8 Å². The van der Waals surface area contributed by atoms with Crippen molar-refractivity contribution in [1.82, 2.24) is 9.78 Å². The second-order valence-corrected chi connectivity index (χ2v) is 5.67. The van der Waals surface area contributed by atoms with Crippen molar-refractivity contribution in [2.45, 2.75) is 6.42 Å². The van der Waals surface area contributed by atoms with Crippen LogP contribution < -0.4 is 10.9 Å². The van der Waals surface area contributed by atoms with Crippen molar-refractivity contribution in [2.75, 3.05) is 25.1 Å². The van der Waals surface area contributed by atoms with Gasteiger partial charge in [-0.15, -0.1) is 0 Å². The normalized spacial score (nSPS) is 17.4. The van der Waals surface area contributed by atoms with E-state index in [1.54, 1.807) is 0 Å². The predicted molar refractivity (Wildman–Crippen MR) is 82.2 cm³/mol. The lowest BCUT2D eigenvalue weighted by Crippen LogP contribution is -2.24. The van der Waals surface area contributed by atoms with Crippen LogP contribution in [0.3, 0.4) is 0 Å². The molecule has 1 atom stereocenters. The Kier molecular flexibility index (Phi) is 4.58. The zero-order chi connectivity index (χ0) is 16.4. The van der Waals surface area contributed by atoms with Gasteiger partial charge in [0.25, 0.3) is 5.56 Å². The number of aromatic nitrogens is 2. The van der Waals surface area contributed by atoms with E-state index in [9.17, 15) is 13.6 Å². The third-order valence-electron chi connectivity index (χ3n) is 3.66. The monoisotopic (exact) mass is 341 g/mol. The summed E-state index contributed by atoms with van der Waals surface area (Å²) in [5.74, 6) is -1.27. The van der Waals surface area contributed by atoms with Crippen molar-refractivity contribution >= 4 is 17.3 Å². The van der Waals surface area contributed by atoms with E-state index < -0.39 is 17.2 Å². The molecule has 0 bridgehead atoms. The number of rotatable bonds is 4. The number of hydrogen-bond acceptors (Lipinski definition) is 4. The van der Waals surface area contributed by atoms with E-state index in [4.69, 9.17) is 16.3 Å². The predicted octanol–water partition coefficient (Wildman–Crippen LogP) is 2.61. The van der Waals surface area contributed by atoms with Crippen LogP contribution in [-0.4, -0.2) is 29.5 Å². The average Bonchev–Trinajstić information content (AvgIpc) is 3.03. The van der Waals surface area contributed by atoms with Crippen LogP contribution in [0.1, 0.15) is 6.42 Å². The Bertz CT molecular complexity index is 776. The molecule has 2 aromatic rings. The Labute approximate surface area is 135 Å². The lowest BCUT2D eigenvalue weighted by Gasteiger charge is -2.13. The number of hydrogen-bond donors (Lipinski definition) is 1. The van der Waals surface area contributed by atoms with Crippen molar-refractivity contribution in [1.29, 1.82) is 0 Å². The Morgan fingerprint density at radius 3 is 2.96 bits per heavy atom. The summed E-state index contributed by atoms with van der Waals surface area (Å²) in [4.78, 5) is 12.3. The molecule has 0 radical (unpaired) electrons. The van der Waals surface area contributed by atoms with Crippen LogP contribution in [-0.2, 0) is 4.74 Å². The SMILES string of the molecule is O=c1c(Cl)c(NCC2CCOC2)cnn1-c1ccc(F)cc1F. The topological polar surface area (TPSA) is 56.1 Å². The second-order valence-electron chi connectivity index (χ2n) is 5.30. The molecule has 5 nitrogen and oxygen atoms in total. The van der Waals surface area contributed by atoms with Gasteiger partial charge in [-0.25, -0.2) is 8.78 Å². The largest absolute Gasteiger partial charge is 0.382 e. The molecule has 8 heteroatoms. The zero-order valence-electron chi connectivity index (χ0n) is 12.1. The first-order valence-corrected chi connectivity index (χ1v) is 7.49. The molecular weight excluding hydrogens is 328 g/mol. The molecule has 1 aromatic heterocycles. The fourth-order valence-corrected chi connectivity index (χ4v) is 2.57. The Hall–Kier alpha value is -1.99. The molecule has 2 heterocycles. The molecule has 1 N–H and O–H groups in total. The van der Waals surface area contributed by atoms with Crippen LogP contribution >= 0.6 is 11.6 Å². The first-order chi connectivity index (χ1) is 11.1. The van der Waals surface area contributed by atoms with E-state index >= 15 is 0 Å². The smallest absolute Gasteiger partial charge is 0.292 e. The summed E-state index contributed by atoms with van der Waals surface area (Å²) in [6, 6.07) is 2.87. The molecule has 1 aliphatic rings. The number of ether oxygens (including phenoxy) is 1. The molecule has 23 heavy (non-hydrogen) atoms. The van der Waals surface area contributed by atoms with Crippen LogP contribution in [0.2, 0.25) is 5.02 Å². The Morgan fingerprint density at radius 2 is 2.26 bits per heavy atom. The first-order valence-electron chi connectivity index (χ1n) is 7.11. The summed E-state index contributed by atoms with van der Waals surface area (Å²) < 4.78 is 32.8. The van der Waals surface area contributed by atoms with Gasteiger partial charge in [-0.05, 0) is 18.6 Å². The Balaban J connectivity index is 1.86. The molecule has 1 saturated heterocycles. The van der Waals surface area contributed by atoms with Gasteiger partial charge in [-0.1, -0.05) is 11.6 Å². The van der Waals surface area contributed by atoms with E-state index in [1.165, 1.54) is 6.20 Å². The van der Waals surface area contributed by atoms with E-state index in [-0.39, 0.29) is 10.7 Å². The van der Waals surface area contributed by atoms with Gasteiger partial charge >= 0.3 is 0 Å². The third kappa shape index (κ3) is 3.35. The number of nitrogens with one attached hydrogen (secondary N) is 1. The van der Waals surface area contributed by atoms with E-state index in [2.05, 4.69) is 10.4 Å². The van der Waals surface area contributed by atoms with Gasteiger partial charge in [-0.3, -0.25) is 4.79 Å².